The summed E-state index contributed by atoms with van der Waals surface area (Å²) in [4.78, 5) is 49.2. The third-order valence-corrected chi connectivity index (χ3v) is 9.06. The lowest BCUT2D eigenvalue weighted by Gasteiger charge is -2.37. The number of carbonyl (C=O) groups is 2. The molecule has 2 aliphatic heterocycles. The van der Waals surface area contributed by atoms with E-state index in [4.69, 9.17) is 16.3 Å². The number of quaternary nitrogens is 1. The summed E-state index contributed by atoms with van der Waals surface area (Å²) in [5.74, 6) is 0. The fourth-order valence-electron chi connectivity index (χ4n) is 6.33. The number of nitro benzene ring substituents is 2. The number of alkyl halides is 1. The first-order valence-corrected chi connectivity index (χ1v) is 15.5. The first-order chi connectivity index (χ1) is 21.7. The summed E-state index contributed by atoms with van der Waals surface area (Å²) >= 11 is 6.00. The van der Waals surface area contributed by atoms with Crippen LogP contribution < -0.4 is 17.7 Å². The summed E-state index contributed by atoms with van der Waals surface area (Å²) in [6.07, 6.45) is 2.69. The normalized spacial score (nSPS) is 20.0. The maximum Gasteiger partial charge on any atom is 0.409 e. The number of hydrogen-bond donors (Lipinski definition) is 1. The summed E-state index contributed by atoms with van der Waals surface area (Å²) in [5, 5.41) is 23.9. The fraction of sp³-hybridized carbons (Fsp3) is 0.533. The van der Waals surface area contributed by atoms with E-state index in [1.165, 1.54) is 20.3 Å². The molecule has 6 rings (SSSR count). The van der Waals surface area contributed by atoms with Crippen LogP contribution in [0.2, 0.25) is 0 Å². The zero-order chi connectivity index (χ0) is 32.5. The zero-order valence-electron chi connectivity index (χ0n) is 25.9. The number of ether oxygens (including phenoxy) is 2. The molecule has 0 aromatic heterocycles. The van der Waals surface area contributed by atoms with Crippen molar-refractivity contribution in [1.82, 2.24) is 14.7 Å². The van der Waals surface area contributed by atoms with Gasteiger partial charge >= 0.3 is 12.2 Å². The van der Waals surface area contributed by atoms with Crippen molar-refractivity contribution in [3.8, 4) is 0 Å². The molecule has 2 aliphatic carbocycles. The lowest BCUT2D eigenvalue weighted by Crippen LogP contribution is -3.00. The van der Waals surface area contributed by atoms with Crippen molar-refractivity contribution >= 4 is 35.2 Å². The summed E-state index contributed by atoms with van der Waals surface area (Å²) in [6.45, 7) is 6.41. The third kappa shape index (κ3) is 8.75. The molecule has 2 unspecified atom stereocenters. The maximum atomic E-state index is 11.5. The van der Waals surface area contributed by atoms with Crippen molar-refractivity contribution in [3.63, 3.8) is 0 Å². The Hall–Kier alpha value is -3.72. The Kier molecular flexibility index (Phi) is 13.8. The Balaban J connectivity index is 0.000000204. The predicted octanol–water partition coefficient (Wildman–Crippen LogP) is 0.423. The topological polar surface area (TPSA) is 165 Å². The molecule has 252 valence electrons. The lowest BCUT2D eigenvalue weighted by molar-refractivity contribution is -0.662. The van der Waals surface area contributed by atoms with Crippen LogP contribution in [0.25, 0.3) is 0 Å². The van der Waals surface area contributed by atoms with Crippen molar-refractivity contribution in [2.24, 2.45) is 0 Å². The molecule has 2 heterocycles. The summed E-state index contributed by atoms with van der Waals surface area (Å²) in [5.41, 5.74) is 4.12. The molecule has 2 aromatic rings. The monoisotopic (exact) mass is 682 g/mol. The van der Waals surface area contributed by atoms with Gasteiger partial charge in [-0.1, -0.05) is 24.3 Å². The van der Waals surface area contributed by atoms with E-state index in [-0.39, 0.29) is 57.2 Å². The average molecular weight is 684 g/mol. The van der Waals surface area contributed by atoms with Crippen LogP contribution in [0.15, 0.2) is 36.4 Å². The van der Waals surface area contributed by atoms with E-state index < -0.39 is 0 Å². The van der Waals surface area contributed by atoms with E-state index >= 15 is 0 Å². The van der Waals surface area contributed by atoms with Crippen LogP contribution >= 0.6 is 11.6 Å². The van der Waals surface area contributed by atoms with Gasteiger partial charge in [-0.3, -0.25) is 30.0 Å². The molecule has 4 aliphatic rings. The second kappa shape index (κ2) is 17.3. The number of amides is 2. The van der Waals surface area contributed by atoms with Crippen LogP contribution in [0.4, 0.5) is 21.0 Å². The standard InChI is InChI=1S/C15H19N3O4.C9H8ClNO2.C6H12N2O2.ClH/c1-22-15(19)17-9-7-16(8-10-17)13-6-5-12-11(13)3-2-4-14(12)18(20)21;10-8-5-4-7-6(8)2-1-3-9(7)11(12)13;1-10-6(9)8-4-2-7-3-5-8;/h2-4,13H,5-10H2,1H3;1-3,8H,4-5H2;7H,2-5H2,1H3;1H. The first kappa shape index (κ1) is 36.7. The number of hydrogen-bond acceptors (Lipinski definition) is 9. The molecule has 46 heavy (non-hydrogen) atoms. The summed E-state index contributed by atoms with van der Waals surface area (Å²) < 4.78 is 9.31. The van der Waals surface area contributed by atoms with E-state index in [1.54, 1.807) is 28.0 Å². The Morgan fingerprint density at radius 2 is 1.26 bits per heavy atom. The number of fused-ring (bicyclic) bond motifs is 2. The smallest absolute Gasteiger partial charge is 0.409 e. The van der Waals surface area contributed by atoms with Crippen molar-refractivity contribution < 1.29 is 46.6 Å². The molecular weight excluding hydrogens is 643 g/mol. The summed E-state index contributed by atoms with van der Waals surface area (Å²) in [6, 6.07) is 10.6. The molecule has 0 bridgehead atoms. The minimum Gasteiger partial charge on any atom is -1.00 e. The molecule has 0 saturated carbocycles. The number of methoxy groups -OCH3 is 2. The molecule has 2 atom stereocenters. The van der Waals surface area contributed by atoms with Gasteiger partial charge < -0.3 is 32.1 Å². The number of rotatable bonds is 3. The summed E-state index contributed by atoms with van der Waals surface area (Å²) in [7, 11) is 2.81. The minimum atomic E-state index is -0.340. The number of nitrogens with two attached hydrogens (primary N) is 1. The second-order valence-electron chi connectivity index (χ2n) is 11.1. The van der Waals surface area contributed by atoms with Crippen molar-refractivity contribution in [2.45, 2.75) is 37.1 Å². The van der Waals surface area contributed by atoms with E-state index in [0.29, 0.717) is 13.1 Å². The van der Waals surface area contributed by atoms with Gasteiger partial charge in [-0.2, -0.15) is 0 Å². The highest BCUT2D eigenvalue weighted by Gasteiger charge is 2.34. The highest BCUT2D eigenvalue weighted by Crippen LogP contribution is 2.41. The predicted molar refractivity (Wildman–Crippen MR) is 165 cm³/mol. The lowest BCUT2D eigenvalue weighted by atomic mass is 10.0. The maximum absolute atomic E-state index is 11.5. The van der Waals surface area contributed by atoms with Gasteiger partial charge in [0.2, 0.25) is 0 Å². The highest BCUT2D eigenvalue weighted by molar-refractivity contribution is 6.21. The number of benzene rings is 2. The SMILES string of the molecule is COC(=O)N1CCN(C2CCc3c2cccc3[N+](=O)[O-])CC1.COC(=O)N1CC[NH2+]CC1.O=[N+]([O-])c1cccc2c1CCC2Cl.[Cl-]. The van der Waals surface area contributed by atoms with Crippen molar-refractivity contribution in [2.75, 3.05) is 66.6 Å². The Labute approximate surface area is 278 Å². The Morgan fingerprint density at radius 1 is 0.783 bits per heavy atom. The molecule has 2 aromatic carbocycles. The van der Waals surface area contributed by atoms with Gasteiger partial charge in [0.15, 0.2) is 0 Å². The van der Waals surface area contributed by atoms with Gasteiger partial charge in [-0.15, -0.1) is 11.6 Å². The van der Waals surface area contributed by atoms with E-state index in [0.717, 1.165) is 87.2 Å². The number of piperazine rings is 2. The quantitative estimate of drug-likeness (QED) is 0.274. The molecule has 0 spiro atoms. The van der Waals surface area contributed by atoms with Gasteiger partial charge in [-0.25, -0.2) is 9.59 Å². The zero-order valence-corrected chi connectivity index (χ0v) is 27.5. The molecule has 2 N–H and O–H groups in total. The van der Waals surface area contributed by atoms with Crippen LogP contribution in [-0.4, -0.2) is 103 Å². The number of halogens is 2. The average Bonchev–Trinajstić information content (AvgIpc) is 3.68. The first-order valence-electron chi connectivity index (χ1n) is 15.0. The molecule has 0 radical (unpaired) electrons. The molecule has 2 amide bonds. The third-order valence-electron chi connectivity index (χ3n) is 8.61. The van der Waals surface area contributed by atoms with Crippen LogP contribution in [0.5, 0.6) is 0 Å². The van der Waals surface area contributed by atoms with Crippen LogP contribution in [0.3, 0.4) is 0 Å². The molecule has 14 nitrogen and oxygen atoms in total. The Morgan fingerprint density at radius 3 is 1.78 bits per heavy atom. The van der Waals surface area contributed by atoms with E-state index in [1.807, 2.05) is 12.1 Å². The minimum absolute atomic E-state index is 0. The number of nitro groups is 2. The number of nitrogens with zero attached hydrogens (tertiary/aromatic N) is 5. The molecule has 2 saturated heterocycles. The van der Waals surface area contributed by atoms with Crippen LogP contribution in [0.1, 0.15) is 46.5 Å². The highest BCUT2D eigenvalue weighted by atomic mass is 35.5. The van der Waals surface area contributed by atoms with E-state index in [9.17, 15) is 29.8 Å². The fourth-order valence-corrected chi connectivity index (χ4v) is 6.64. The van der Waals surface area contributed by atoms with Gasteiger partial charge in [-0.05, 0) is 36.8 Å². The molecule has 16 heteroatoms. The van der Waals surface area contributed by atoms with Gasteiger partial charge in [0, 0.05) is 55.5 Å². The second-order valence-corrected chi connectivity index (χ2v) is 11.6. The molecular formula is C30H40Cl2N6O8. The van der Waals surface area contributed by atoms with Gasteiger partial charge in [0.1, 0.15) is 0 Å². The Bertz CT molecular complexity index is 1390. The van der Waals surface area contributed by atoms with Crippen molar-refractivity contribution in [1.29, 1.82) is 0 Å². The van der Waals surface area contributed by atoms with Crippen LogP contribution in [-0.2, 0) is 22.3 Å². The molecule has 2 fully saturated rings. The van der Waals surface area contributed by atoms with Crippen molar-refractivity contribution in [3.05, 3.63) is 78.9 Å². The number of carbonyl (C=O) groups excluding carboxylic acids is 2. The van der Waals surface area contributed by atoms with Gasteiger partial charge in [0.05, 0.1) is 55.6 Å². The van der Waals surface area contributed by atoms with E-state index in [2.05, 4.69) is 15.0 Å². The van der Waals surface area contributed by atoms with Crippen LogP contribution in [0, 0.1) is 20.2 Å². The largest absolute Gasteiger partial charge is 1.00 e. The van der Waals surface area contributed by atoms with Gasteiger partial charge in [0.25, 0.3) is 11.4 Å².